The quantitative estimate of drug-likeness (QED) is 0.316. The van der Waals surface area contributed by atoms with Crippen LogP contribution in [0.4, 0.5) is 13.2 Å². The van der Waals surface area contributed by atoms with Crippen molar-refractivity contribution in [3.63, 3.8) is 0 Å². The molecule has 0 spiro atoms. The Kier molecular flexibility index (Phi) is 8.20. The molecule has 0 unspecified atom stereocenters. The second kappa shape index (κ2) is 9.42. The van der Waals surface area contributed by atoms with Crippen LogP contribution in [0, 0.1) is 5.92 Å². The fourth-order valence-electron chi connectivity index (χ4n) is 2.70. The molecule has 0 bridgehead atoms. The number of nitrogens with zero attached hydrogens (tertiary/aromatic N) is 3. The zero-order valence-corrected chi connectivity index (χ0v) is 15.5. The molecule has 1 fully saturated rings. The Balaban J connectivity index is 2.45. The van der Waals surface area contributed by atoms with Crippen LogP contribution in [0.5, 0.6) is 0 Å². The Hall–Kier alpha value is -1.29. The van der Waals surface area contributed by atoms with E-state index in [9.17, 15) is 21.6 Å². The van der Waals surface area contributed by atoms with E-state index in [1.807, 2.05) is 18.0 Å². The summed E-state index contributed by atoms with van der Waals surface area (Å²) in [5.41, 5.74) is -5.23. The number of hydrogen-bond acceptors (Lipinski definition) is 3. The van der Waals surface area contributed by atoms with E-state index in [0.29, 0.717) is 23.7 Å². The van der Waals surface area contributed by atoms with Gasteiger partial charge in [0.1, 0.15) is 0 Å². The van der Waals surface area contributed by atoms with Gasteiger partial charge in [-0.1, -0.05) is 6.08 Å². The molecule has 0 radical (unpaired) electrons. The third kappa shape index (κ3) is 6.18. The number of unbranched alkanes of at least 4 members (excludes halogenated alkanes) is 1. The minimum atomic E-state index is -5.23. The standard InChI is InChI=1S/C15H27F3N4O2S/c1-4-5-6-9-21(3)14(19-2)20-12-13-7-10-22(11-8-13)25(23,24)15(16,17)18/h4,13H,1,5-12H2,2-3H3,(H,19,20). The van der Waals surface area contributed by atoms with Crippen molar-refractivity contribution in [1.82, 2.24) is 14.5 Å². The third-order valence-electron chi connectivity index (χ3n) is 4.23. The number of sulfonamides is 1. The average molecular weight is 384 g/mol. The highest BCUT2D eigenvalue weighted by Gasteiger charge is 2.50. The van der Waals surface area contributed by atoms with Crippen molar-refractivity contribution in [2.45, 2.75) is 31.2 Å². The molecule has 25 heavy (non-hydrogen) atoms. The number of nitrogens with one attached hydrogen (secondary N) is 1. The van der Waals surface area contributed by atoms with Gasteiger partial charge in [-0.15, -0.1) is 6.58 Å². The van der Waals surface area contributed by atoms with Crippen molar-refractivity contribution >= 4 is 16.0 Å². The second-order valence-corrected chi connectivity index (χ2v) is 8.00. The second-order valence-electron chi connectivity index (χ2n) is 6.07. The van der Waals surface area contributed by atoms with Gasteiger partial charge in [0.2, 0.25) is 0 Å². The lowest BCUT2D eigenvalue weighted by Gasteiger charge is -2.32. The van der Waals surface area contributed by atoms with Crippen LogP contribution in [0.25, 0.3) is 0 Å². The Morgan fingerprint density at radius 2 is 2.00 bits per heavy atom. The number of halogens is 3. The van der Waals surface area contributed by atoms with Gasteiger partial charge in [0.05, 0.1) is 0 Å². The van der Waals surface area contributed by atoms with Crippen LogP contribution < -0.4 is 5.32 Å². The first-order chi connectivity index (χ1) is 11.6. The van der Waals surface area contributed by atoms with E-state index < -0.39 is 15.5 Å². The highest BCUT2D eigenvalue weighted by Crippen LogP contribution is 2.30. The molecule has 0 aromatic carbocycles. The van der Waals surface area contributed by atoms with Crippen molar-refractivity contribution < 1.29 is 21.6 Å². The van der Waals surface area contributed by atoms with E-state index in [-0.39, 0.29) is 19.0 Å². The maximum absolute atomic E-state index is 12.6. The zero-order valence-electron chi connectivity index (χ0n) is 14.7. The summed E-state index contributed by atoms with van der Waals surface area (Å²) in [6, 6.07) is 0. The highest BCUT2D eigenvalue weighted by atomic mass is 32.2. The molecule has 1 rings (SSSR count). The lowest BCUT2D eigenvalue weighted by atomic mass is 9.98. The molecule has 1 heterocycles. The largest absolute Gasteiger partial charge is 0.511 e. The van der Waals surface area contributed by atoms with Gasteiger partial charge in [-0.2, -0.15) is 17.5 Å². The molecule has 0 amide bonds. The van der Waals surface area contributed by atoms with Gasteiger partial charge in [0, 0.05) is 40.3 Å². The van der Waals surface area contributed by atoms with Crippen LogP contribution >= 0.6 is 0 Å². The summed E-state index contributed by atoms with van der Waals surface area (Å²) < 4.78 is 61.0. The lowest BCUT2D eigenvalue weighted by Crippen LogP contribution is -2.47. The number of hydrogen-bond donors (Lipinski definition) is 1. The number of piperidine rings is 1. The SMILES string of the molecule is C=CCCCN(C)C(=NC)NCC1CCN(S(=O)(=O)C(F)(F)F)CC1. The van der Waals surface area contributed by atoms with E-state index >= 15 is 0 Å². The van der Waals surface area contributed by atoms with E-state index in [4.69, 9.17) is 0 Å². The summed E-state index contributed by atoms with van der Waals surface area (Å²) in [5.74, 6) is 0.826. The van der Waals surface area contributed by atoms with Crippen molar-refractivity contribution in [1.29, 1.82) is 0 Å². The first-order valence-corrected chi connectivity index (χ1v) is 9.66. The number of rotatable bonds is 7. The molecule has 0 saturated carbocycles. The molecule has 0 aliphatic carbocycles. The van der Waals surface area contributed by atoms with E-state index in [1.54, 1.807) is 7.05 Å². The Morgan fingerprint density at radius 1 is 1.40 bits per heavy atom. The van der Waals surface area contributed by atoms with Gasteiger partial charge in [0.15, 0.2) is 5.96 Å². The van der Waals surface area contributed by atoms with E-state index in [0.717, 1.165) is 25.3 Å². The predicted molar refractivity (Wildman–Crippen MR) is 92.7 cm³/mol. The molecular weight excluding hydrogens is 357 g/mol. The average Bonchev–Trinajstić information content (AvgIpc) is 2.55. The number of allylic oxidation sites excluding steroid dienone is 1. The highest BCUT2D eigenvalue weighted by molar-refractivity contribution is 7.90. The molecule has 1 aliphatic rings. The van der Waals surface area contributed by atoms with Crippen LogP contribution in [-0.4, -0.2) is 69.4 Å². The maximum Gasteiger partial charge on any atom is 0.511 e. The predicted octanol–water partition coefficient (Wildman–Crippen LogP) is 2.02. The molecular formula is C15H27F3N4O2S. The van der Waals surface area contributed by atoms with Gasteiger partial charge >= 0.3 is 15.5 Å². The molecule has 146 valence electrons. The maximum atomic E-state index is 12.6. The first-order valence-electron chi connectivity index (χ1n) is 8.22. The van der Waals surface area contributed by atoms with Crippen molar-refractivity contribution in [3.05, 3.63) is 12.7 Å². The summed E-state index contributed by atoms with van der Waals surface area (Å²) in [7, 11) is -1.63. The molecule has 1 saturated heterocycles. The van der Waals surface area contributed by atoms with E-state index in [1.165, 1.54) is 0 Å². The monoisotopic (exact) mass is 384 g/mol. The first kappa shape index (κ1) is 21.8. The minimum absolute atomic E-state index is 0.109. The Labute approximate surface area is 147 Å². The van der Waals surface area contributed by atoms with Gasteiger partial charge < -0.3 is 10.2 Å². The van der Waals surface area contributed by atoms with Crippen LogP contribution in [0.3, 0.4) is 0 Å². The van der Waals surface area contributed by atoms with Gasteiger partial charge in [0.25, 0.3) is 0 Å². The van der Waals surface area contributed by atoms with Crippen LogP contribution in [0.2, 0.25) is 0 Å². The summed E-state index contributed by atoms with van der Waals surface area (Å²) >= 11 is 0. The van der Waals surface area contributed by atoms with Crippen molar-refractivity contribution in [2.75, 3.05) is 40.3 Å². The summed E-state index contributed by atoms with van der Waals surface area (Å²) in [6.07, 6.45) is 4.49. The normalized spacial score (nSPS) is 18.2. The van der Waals surface area contributed by atoms with Crippen LogP contribution in [0.15, 0.2) is 17.6 Å². The summed E-state index contributed by atoms with van der Waals surface area (Å²) in [6.45, 7) is 4.83. The van der Waals surface area contributed by atoms with E-state index in [2.05, 4.69) is 16.9 Å². The zero-order chi connectivity index (χ0) is 19.1. The van der Waals surface area contributed by atoms with Crippen LogP contribution in [-0.2, 0) is 10.0 Å². The number of guanidine groups is 1. The van der Waals surface area contributed by atoms with Gasteiger partial charge in [-0.05, 0) is 31.6 Å². The fraction of sp³-hybridized carbons (Fsp3) is 0.800. The van der Waals surface area contributed by atoms with Crippen molar-refractivity contribution in [3.8, 4) is 0 Å². The molecule has 6 nitrogen and oxygen atoms in total. The van der Waals surface area contributed by atoms with Crippen LogP contribution in [0.1, 0.15) is 25.7 Å². The number of aliphatic imine (C=N–C) groups is 1. The lowest BCUT2D eigenvalue weighted by molar-refractivity contribution is -0.0496. The topological polar surface area (TPSA) is 65.0 Å². The molecule has 1 aliphatic heterocycles. The number of alkyl halides is 3. The molecule has 0 atom stereocenters. The van der Waals surface area contributed by atoms with Crippen molar-refractivity contribution in [2.24, 2.45) is 10.9 Å². The molecule has 0 aromatic heterocycles. The minimum Gasteiger partial charge on any atom is -0.356 e. The fourth-order valence-corrected chi connectivity index (χ4v) is 3.68. The Bertz CT molecular complexity index is 556. The summed E-state index contributed by atoms with van der Waals surface area (Å²) in [4.78, 5) is 6.17. The van der Waals surface area contributed by atoms with Gasteiger partial charge in [-0.3, -0.25) is 4.99 Å². The Morgan fingerprint density at radius 3 is 2.48 bits per heavy atom. The molecule has 1 N–H and O–H groups in total. The molecule has 0 aromatic rings. The molecule has 10 heteroatoms. The smallest absolute Gasteiger partial charge is 0.356 e. The summed E-state index contributed by atoms with van der Waals surface area (Å²) in [5, 5.41) is 3.21. The third-order valence-corrected chi connectivity index (χ3v) is 5.86. The van der Waals surface area contributed by atoms with Gasteiger partial charge in [-0.25, -0.2) is 8.42 Å².